The molecule has 2 aromatic rings. The molecule has 1 saturated carbocycles. The standard InChI is InChI=1S/C30H35NO13/c31-7-8-42-26-6-2-17(9-24(26)37)1-4-21(34)16-44-30(29(40)41)12-25(38)28(39)27(13-30)43-15-20(33)5-3-18-10-22(35)23(36)11-19(18)14-32/h1-6,9-11,25,27-28,32,35-39H,7-8,12-16,31H2,(H,40,41). The highest BCUT2D eigenvalue weighted by molar-refractivity contribution is 5.95. The number of aliphatic hydroxyl groups is 3. The molecular weight excluding hydrogens is 582 g/mol. The molecule has 14 nitrogen and oxygen atoms in total. The molecule has 1 fully saturated rings. The Hall–Kier alpha value is -4.31. The number of aliphatic carboxylic acids is 1. The van der Waals surface area contributed by atoms with Crippen LogP contribution >= 0.6 is 0 Å². The normalized spacial score (nSPS) is 22.0. The molecular formula is C30H35NO13. The van der Waals surface area contributed by atoms with Crippen molar-refractivity contribution in [3.63, 3.8) is 0 Å². The number of phenols is 3. The second kappa shape index (κ2) is 15.4. The van der Waals surface area contributed by atoms with Crippen LogP contribution < -0.4 is 10.5 Å². The van der Waals surface area contributed by atoms with Crippen molar-refractivity contribution in [2.24, 2.45) is 5.73 Å². The number of benzene rings is 2. The van der Waals surface area contributed by atoms with Gasteiger partial charge in [-0.2, -0.15) is 0 Å². The summed E-state index contributed by atoms with van der Waals surface area (Å²) >= 11 is 0. The molecule has 3 rings (SSSR count). The first kappa shape index (κ1) is 34.2. The van der Waals surface area contributed by atoms with Gasteiger partial charge in [0.05, 0.1) is 18.8 Å². The highest BCUT2D eigenvalue weighted by Crippen LogP contribution is 2.35. The second-order valence-corrected chi connectivity index (χ2v) is 10.1. The molecule has 2 aromatic carbocycles. The minimum Gasteiger partial charge on any atom is -0.504 e. The number of phenolic OH excluding ortho intramolecular Hbond substituents is 3. The zero-order chi connectivity index (χ0) is 32.4. The SMILES string of the molecule is NCCOc1ccc(C=CC(=O)COC2(C(=O)O)CC(O)C(O)C(OCC(=O)C=Cc3cc(O)c(O)cc3CO)C2)cc1O. The minimum atomic E-state index is -2.12. The number of nitrogens with two attached hydrogens (primary N) is 1. The van der Waals surface area contributed by atoms with Gasteiger partial charge in [-0.25, -0.2) is 4.79 Å². The number of carbonyl (C=O) groups excluding carboxylic acids is 2. The number of carboxylic acids is 1. The molecule has 44 heavy (non-hydrogen) atoms. The molecule has 0 aromatic heterocycles. The van der Waals surface area contributed by atoms with Crippen LogP contribution in [0.4, 0.5) is 0 Å². The Balaban J connectivity index is 1.63. The number of hydrogen-bond donors (Lipinski definition) is 8. The largest absolute Gasteiger partial charge is 0.504 e. The van der Waals surface area contributed by atoms with Gasteiger partial charge < -0.3 is 55.7 Å². The van der Waals surface area contributed by atoms with E-state index in [4.69, 9.17) is 19.9 Å². The summed E-state index contributed by atoms with van der Waals surface area (Å²) in [6.45, 7) is -1.36. The van der Waals surface area contributed by atoms with Crippen LogP contribution in [0.2, 0.25) is 0 Å². The van der Waals surface area contributed by atoms with E-state index in [1.165, 1.54) is 24.3 Å². The van der Waals surface area contributed by atoms with E-state index in [0.717, 1.165) is 24.3 Å². The molecule has 0 bridgehead atoms. The first-order valence-corrected chi connectivity index (χ1v) is 13.5. The summed E-state index contributed by atoms with van der Waals surface area (Å²) in [6, 6.07) is 6.69. The molecule has 238 valence electrons. The number of rotatable bonds is 15. The van der Waals surface area contributed by atoms with Gasteiger partial charge in [-0.05, 0) is 53.1 Å². The van der Waals surface area contributed by atoms with E-state index in [-0.39, 0.29) is 35.8 Å². The predicted octanol–water partition coefficient (Wildman–Crippen LogP) is 0.239. The molecule has 0 saturated heterocycles. The number of hydrogen-bond acceptors (Lipinski definition) is 13. The Morgan fingerprint density at radius 3 is 2.27 bits per heavy atom. The van der Waals surface area contributed by atoms with Crippen molar-refractivity contribution in [1.82, 2.24) is 0 Å². The number of ketones is 2. The van der Waals surface area contributed by atoms with Crippen molar-refractivity contribution in [2.45, 2.75) is 43.4 Å². The molecule has 0 radical (unpaired) electrons. The van der Waals surface area contributed by atoms with E-state index in [0.29, 0.717) is 5.56 Å². The Morgan fingerprint density at radius 1 is 0.932 bits per heavy atom. The Morgan fingerprint density at radius 2 is 1.61 bits per heavy atom. The predicted molar refractivity (Wildman–Crippen MR) is 154 cm³/mol. The topological polar surface area (TPSA) is 247 Å². The number of carboxylic acid groups (broad SMARTS) is 1. The van der Waals surface area contributed by atoms with Crippen LogP contribution in [0.5, 0.6) is 23.0 Å². The van der Waals surface area contributed by atoms with Crippen molar-refractivity contribution in [3.05, 3.63) is 59.2 Å². The Labute approximate surface area is 251 Å². The van der Waals surface area contributed by atoms with Crippen molar-refractivity contribution in [3.8, 4) is 23.0 Å². The van der Waals surface area contributed by atoms with Gasteiger partial charge in [-0.15, -0.1) is 0 Å². The lowest BCUT2D eigenvalue weighted by molar-refractivity contribution is -0.205. The Kier molecular flexibility index (Phi) is 12.0. The highest BCUT2D eigenvalue weighted by atomic mass is 16.5. The quantitative estimate of drug-likeness (QED) is 0.0985. The van der Waals surface area contributed by atoms with E-state index >= 15 is 0 Å². The van der Waals surface area contributed by atoms with Gasteiger partial charge in [0.15, 0.2) is 40.2 Å². The number of aromatic hydroxyl groups is 3. The first-order chi connectivity index (χ1) is 20.9. The summed E-state index contributed by atoms with van der Waals surface area (Å²) in [5, 5.41) is 69.5. The van der Waals surface area contributed by atoms with Crippen LogP contribution in [0.25, 0.3) is 12.2 Å². The monoisotopic (exact) mass is 617 g/mol. The third-order valence-corrected chi connectivity index (χ3v) is 6.84. The average molecular weight is 618 g/mol. The van der Waals surface area contributed by atoms with Crippen LogP contribution in [0, 0.1) is 0 Å². The summed E-state index contributed by atoms with van der Waals surface area (Å²) < 4.78 is 16.2. The van der Waals surface area contributed by atoms with Gasteiger partial charge in [0.2, 0.25) is 0 Å². The van der Waals surface area contributed by atoms with Crippen molar-refractivity contribution in [2.75, 3.05) is 26.4 Å². The van der Waals surface area contributed by atoms with Gasteiger partial charge in [0.25, 0.3) is 0 Å². The third kappa shape index (κ3) is 8.86. The van der Waals surface area contributed by atoms with Crippen molar-refractivity contribution >= 4 is 29.7 Å². The average Bonchev–Trinajstić information content (AvgIpc) is 2.99. The molecule has 14 heteroatoms. The zero-order valence-corrected chi connectivity index (χ0v) is 23.5. The molecule has 4 unspecified atom stereocenters. The summed E-state index contributed by atoms with van der Waals surface area (Å²) in [6.07, 6.45) is -0.762. The van der Waals surface area contributed by atoms with Crippen LogP contribution in [0.1, 0.15) is 29.5 Å². The van der Waals surface area contributed by atoms with Gasteiger partial charge >= 0.3 is 5.97 Å². The van der Waals surface area contributed by atoms with E-state index in [2.05, 4.69) is 0 Å². The number of carbonyl (C=O) groups is 3. The second-order valence-electron chi connectivity index (χ2n) is 10.1. The van der Waals surface area contributed by atoms with E-state index in [9.17, 15) is 50.1 Å². The van der Waals surface area contributed by atoms with Crippen LogP contribution in [0.3, 0.4) is 0 Å². The lowest BCUT2D eigenvalue weighted by Crippen LogP contribution is -2.58. The van der Waals surface area contributed by atoms with Crippen LogP contribution in [-0.4, -0.2) is 104 Å². The van der Waals surface area contributed by atoms with Crippen LogP contribution in [-0.2, 0) is 30.5 Å². The van der Waals surface area contributed by atoms with Gasteiger partial charge in [-0.1, -0.05) is 18.2 Å². The van der Waals surface area contributed by atoms with E-state index in [1.807, 2.05) is 0 Å². The summed E-state index contributed by atoms with van der Waals surface area (Å²) in [7, 11) is 0. The van der Waals surface area contributed by atoms with Gasteiger partial charge in [-0.3, -0.25) is 9.59 Å². The fraction of sp³-hybridized carbons (Fsp3) is 0.367. The summed E-state index contributed by atoms with van der Waals surface area (Å²) in [4.78, 5) is 37.1. The molecule has 9 N–H and O–H groups in total. The van der Waals surface area contributed by atoms with Crippen molar-refractivity contribution < 1.29 is 64.3 Å². The lowest BCUT2D eigenvalue weighted by Gasteiger charge is -2.42. The smallest absolute Gasteiger partial charge is 0.336 e. The van der Waals surface area contributed by atoms with Gasteiger partial charge in [0, 0.05) is 19.4 Å². The fourth-order valence-corrected chi connectivity index (χ4v) is 4.47. The first-order valence-electron chi connectivity index (χ1n) is 13.5. The zero-order valence-electron chi connectivity index (χ0n) is 23.5. The highest BCUT2D eigenvalue weighted by Gasteiger charge is 2.52. The molecule has 1 aliphatic carbocycles. The summed E-state index contributed by atoms with van der Waals surface area (Å²) in [5.41, 5.74) is 4.17. The summed E-state index contributed by atoms with van der Waals surface area (Å²) in [5.74, 6) is -3.65. The maximum absolute atomic E-state index is 12.5. The van der Waals surface area contributed by atoms with Crippen LogP contribution in [0.15, 0.2) is 42.5 Å². The maximum atomic E-state index is 12.5. The Bertz CT molecular complexity index is 1410. The van der Waals surface area contributed by atoms with Crippen molar-refractivity contribution in [1.29, 1.82) is 0 Å². The van der Waals surface area contributed by atoms with Gasteiger partial charge in [0.1, 0.15) is 25.9 Å². The number of aliphatic hydroxyl groups excluding tert-OH is 3. The molecule has 0 heterocycles. The molecule has 0 amide bonds. The van der Waals surface area contributed by atoms with E-state index < -0.39 is 85.6 Å². The fourth-order valence-electron chi connectivity index (χ4n) is 4.47. The number of ether oxygens (including phenoxy) is 3. The third-order valence-electron chi connectivity index (χ3n) is 6.84. The maximum Gasteiger partial charge on any atom is 0.336 e. The van der Waals surface area contributed by atoms with E-state index in [1.54, 1.807) is 6.07 Å². The molecule has 0 spiro atoms. The molecule has 1 aliphatic rings. The lowest BCUT2D eigenvalue weighted by atomic mass is 9.79. The molecule has 0 aliphatic heterocycles. The minimum absolute atomic E-state index is 0.168. The molecule has 4 atom stereocenters.